The van der Waals surface area contributed by atoms with Gasteiger partial charge < -0.3 is 21.8 Å². The number of nitrogen functional groups attached to an aromatic ring is 2. The molecule has 1 aliphatic heterocycles. The highest BCUT2D eigenvalue weighted by atomic mass is 19.1. The topological polar surface area (TPSA) is 110 Å². The lowest BCUT2D eigenvalue weighted by atomic mass is 9.92. The second kappa shape index (κ2) is 8.50. The molecule has 1 amide bonds. The molecule has 3 aromatic carbocycles. The van der Waals surface area contributed by atoms with E-state index < -0.39 is 5.82 Å². The molecule has 162 valence electrons. The van der Waals surface area contributed by atoms with E-state index in [2.05, 4.69) is 15.3 Å². The summed E-state index contributed by atoms with van der Waals surface area (Å²) in [6.45, 7) is 2.24. The van der Waals surface area contributed by atoms with E-state index in [1.807, 2.05) is 13.0 Å². The van der Waals surface area contributed by atoms with Crippen LogP contribution < -0.4 is 16.8 Å². The van der Waals surface area contributed by atoms with Crippen molar-refractivity contribution >= 4 is 17.3 Å². The van der Waals surface area contributed by atoms with Gasteiger partial charge in [-0.1, -0.05) is 6.07 Å². The number of nitrogens with zero attached hydrogens (tertiary/aromatic N) is 1. The lowest BCUT2D eigenvalue weighted by Crippen LogP contribution is -2.13. The number of carbonyl (C=O) groups excluding carboxylic acids is 1. The average Bonchev–Trinajstić information content (AvgIpc) is 3.37. The number of nitrogens with two attached hydrogens (primary N) is 2. The third-order valence-corrected chi connectivity index (χ3v) is 5.08. The molecule has 6 N–H and O–H groups in total. The summed E-state index contributed by atoms with van der Waals surface area (Å²) in [6, 6.07) is 13.9. The van der Waals surface area contributed by atoms with Crippen molar-refractivity contribution in [3.05, 3.63) is 89.2 Å². The van der Waals surface area contributed by atoms with Crippen molar-refractivity contribution in [3.8, 4) is 22.5 Å². The number of hydrogen-bond acceptors (Lipinski definition) is 4. The Morgan fingerprint density at radius 2 is 1.56 bits per heavy atom. The van der Waals surface area contributed by atoms with E-state index in [1.165, 1.54) is 30.3 Å². The number of amides is 1. The third-order valence-electron chi connectivity index (χ3n) is 5.08. The van der Waals surface area contributed by atoms with Gasteiger partial charge in [-0.2, -0.15) is 0 Å². The molecular weight excluding hydrogens is 412 g/mol. The van der Waals surface area contributed by atoms with Crippen LogP contribution >= 0.6 is 0 Å². The van der Waals surface area contributed by atoms with Crippen LogP contribution in [0, 0.1) is 18.6 Å². The number of fused-ring (bicyclic) bond motifs is 1. The number of rotatable bonds is 2. The first-order valence-electron chi connectivity index (χ1n) is 9.86. The van der Waals surface area contributed by atoms with Gasteiger partial charge in [-0.15, -0.1) is 0 Å². The molecule has 1 aromatic heterocycles. The Labute approximate surface area is 183 Å². The molecule has 4 aromatic rings. The molecule has 6 nitrogen and oxygen atoms in total. The fourth-order valence-corrected chi connectivity index (χ4v) is 3.56. The first-order valence-corrected chi connectivity index (χ1v) is 9.86. The summed E-state index contributed by atoms with van der Waals surface area (Å²) >= 11 is 0. The summed E-state index contributed by atoms with van der Waals surface area (Å²) in [5, 5.41) is 2.82. The second-order valence-corrected chi connectivity index (χ2v) is 7.38. The lowest BCUT2D eigenvalue weighted by Gasteiger charge is -2.11. The average molecular weight is 433 g/mol. The molecular formula is C24H21F2N5O. The maximum atomic E-state index is 14.3. The number of hydrogen-bond donors (Lipinski definition) is 4. The van der Waals surface area contributed by atoms with Gasteiger partial charge in [0, 0.05) is 35.2 Å². The van der Waals surface area contributed by atoms with Crippen LogP contribution in [0.4, 0.5) is 20.2 Å². The monoisotopic (exact) mass is 433 g/mol. The summed E-state index contributed by atoms with van der Waals surface area (Å²) in [5.41, 5.74) is 15.8. The van der Waals surface area contributed by atoms with Crippen molar-refractivity contribution in [3.63, 3.8) is 0 Å². The zero-order valence-corrected chi connectivity index (χ0v) is 17.2. The molecule has 0 unspecified atom stereocenters. The maximum absolute atomic E-state index is 14.3. The van der Waals surface area contributed by atoms with E-state index in [-0.39, 0.29) is 11.7 Å². The second-order valence-electron chi connectivity index (χ2n) is 7.38. The lowest BCUT2D eigenvalue weighted by molar-refractivity contribution is 0.0966. The molecule has 32 heavy (non-hydrogen) atoms. The molecule has 2 heterocycles. The number of carbonyl (C=O) groups is 1. The number of anilines is 2. The first kappa shape index (κ1) is 21.0. The first-order chi connectivity index (χ1) is 15.3. The number of benzene rings is 3. The Morgan fingerprint density at radius 1 is 0.906 bits per heavy atom. The Morgan fingerprint density at radius 3 is 2.19 bits per heavy atom. The van der Waals surface area contributed by atoms with Gasteiger partial charge in [-0.3, -0.25) is 4.79 Å². The van der Waals surface area contributed by atoms with Crippen LogP contribution in [0.1, 0.15) is 21.6 Å². The highest BCUT2D eigenvalue weighted by Crippen LogP contribution is 2.36. The predicted molar refractivity (Wildman–Crippen MR) is 121 cm³/mol. The standard InChI is InChI=1S/C18H15FN4O.C6H6FN/c1-9-7-21-17(23-9)13-5-4-11(14-8-22-18(24)16(13)14)12-3-2-10(20)6-15(12)19;7-5-1-3-6(8)4-2-5/h2-7H,8,20H2,1H3,(H,21,23)(H,22,24);1-4H,8H2. The molecule has 5 rings (SSSR count). The van der Waals surface area contributed by atoms with E-state index in [9.17, 15) is 13.6 Å². The molecule has 0 radical (unpaired) electrons. The maximum Gasteiger partial charge on any atom is 0.252 e. The number of aromatic amines is 1. The SMILES string of the molecule is Cc1c[nH]c(-c2ccc(-c3ccc(N)cc3F)c3c2C(=O)NC3)n1.Nc1ccc(F)cc1. The molecule has 0 saturated carbocycles. The van der Waals surface area contributed by atoms with Gasteiger partial charge in [0.15, 0.2) is 0 Å². The van der Waals surface area contributed by atoms with Crippen LogP contribution in [0.15, 0.2) is 60.8 Å². The van der Waals surface area contributed by atoms with Crippen molar-refractivity contribution < 1.29 is 13.6 Å². The van der Waals surface area contributed by atoms with Crippen LogP contribution in [0.3, 0.4) is 0 Å². The predicted octanol–water partition coefficient (Wildman–Crippen LogP) is 4.42. The normalized spacial score (nSPS) is 12.0. The largest absolute Gasteiger partial charge is 0.399 e. The van der Waals surface area contributed by atoms with Gasteiger partial charge in [0.2, 0.25) is 0 Å². The van der Waals surface area contributed by atoms with Gasteiger partial charge in [-0.05, 0) is 66.6 Å². The highest BCUT2D eigenvalue weighted by Gasteiger charge is 2.28. The Bertz CT molecular complexity index is 1280. The van der Waals surface area contributed by atoms with Crippen LogP contribution in [0.25, 0.3) is 22.5 Å². The fourth-order valence-electron chi connectivity index (χ4n) is 3.56. The van der Waals surface area contributed by atoms with E-state index >= 15 is 0 Å². The fraction of sp³-hybridized carbons (Fsp3) is 0.0833. The summed E-state index contributed by atoms with van der Waals surface area (Å²) in [5.74, 6) is -0.200. The number of nitrogens with one attached hydrogen (secondary N) is 2. The minimum absolute atomic E-state index is 0.174. The van der Waals surface area contributed by atoms with E-state index in [0.717, 1.165) is 11.3 Å². The van der Waals surface area contributed by atoms with E-state index in [1.54, 1.807) is 24.4 Å². The van der Waals surface area contributed by atoms with Gasteiger partial charge in [0.1, 0.15) is 17.5 Å². The van der Waals surface area contributed by atoms with Crippen LogP contribution in [0.5, 0.6) is 0 Å². The van der Waals surface area contributed by atoms with Crippen LogP contribution in [0.2, 0.25) is 0 Å². The number of aromatic nitrogens is 2. The summed E-state index contributed by atoms with van der Waals surface area (Å²) in [7, 11) is 0. The minimum Gasteiger partial charge on any atom is -0.399 e. The quantitative estimate of drug-likeness (QED) is 0.351. The van der Waals surface area contributed by atoms with Gasteiger partial charge in [0.25, 0.3) is 5.91 Å². The van der Waals surface area contributed by atoms with E-state index in [4.69, 9.17) is 11.5 Å². The number of halogens is 2. The summed E-state index contributed by atoms with van der Waals surface area (Å²) in [4.78, 5) is 19.8. The van der Waals surface area contributed by atoms with Crippen molar-refractivity contribution in [2.24, 2.45) is 0 Å². The van der Waals surface area contributed by atoms with Crippen LogP contribution in [-0.2, 0) is 6.54 Å². The van der Waals surface area contributed by atoms with Crippen molar-refractivity contribution in [1.82, 2.24) is 15.3 Å². The molecule has 0 saturated heterocycles. The highest BCUT2D eigenvalue weighted by molar-refractivity contribution is 6.06. The van der Waals surface area contributed by atoms with Crippen molar-refractivity contribution in [2.45, 2.75) is 13.5 Å². The number of aryl methyl sites for hydroxylation is 1. The van der Waals surface area contributed by atoms with Crippen LogP contribution in [-0.4, -0.2) is 15.9 Å². The minimum atomic E-state index is -0.404. The van der Waals surface area contributed by atoms with Crippen molar-refractivity contribution in [1.29, 1.82) is 0 Å². The summed E-state index contributed by atoms with van der Waals surface area (Å²) < 4.78 is 26.4. The zero-order chi connectivity index (χ0) is 22.8. The van der Waals surface area contributed by atoms with E-state index in [0.29, 0.717) is 46.0 Å². The molecule has 0 aliphatic carbocycles. The molecule has 1 aliphatic rings. The molecule has 8 heteroatoms. The van der Waals surface area contributed by atoms with Gasteiger partial charge in [0.05, 0.1) is 11.3 Å². The summed E-state index contributed by atoms with van der Waals surface area (Å²) in [6.07, 6.45) is 1.78. The van der Waals surface area contributed by atoms with Crippen molar-refractivity contribution in [2.75, 3.05) is 11.5 Å². The Hall–Kier alpha value is -4.20. The molecule has 0 bridgehead atoms. The van der Waals surface area contributed by atoms with Gasteiger partial charge in [-0.25, -0.2) is 13.8 Å². The molecule has 0 fully saturated rings. The molecule has 0 spiro atoms. The van der Waals surface area contributed by atoms with Gasteiger partial charge >= 0.3 is 0 Å². The smallest absolute Gasteiger partial charge is 0.252 e. The Kier molecular flexibility index (Phi) is 5.59. The zero-order valence-electron chi connectivity index (χ0n) is 17.2. The Balaban J connectivity index is 0.000000260. The number of imidazole rings is 1. The molecule has 0 atom stereocenters. The number of H-pyrrole nitrogens is 1. The third kappa shape index (κ3) is 4.15.